The molecular weight excluding hydrogens is 450 g/mol. The van der Waals surface area contributed by atoms with E-state index < -0.39 is 5.41 Å². The maximum atomic E-state index is 6.49. The number of halogens is 4. The molecule has 0 fully saturated rings. The highest BCUT2D eigenvalue weighted by atomic mass is 35.5. The molecule has 0 saturated heterocycles. The van der Waals surface area contributed by atoms with Crippen LogP contribution in [0.3, 0.4) is 0 Å². The van der Waals surface area contributed by atoms with Crippen LogP contribution < -0.4 is 9.47 Å². The van der Waals surface area contributed by atoms with Crippen molar-refractivity contribution in [3.05, 3.63) is 55.5 Å². The molecule has 0 aliphatic carbocycles. The first-order valence-electron chi connectivity index (χ1n) is 9.68. The fourth-order valence-electron chi connectivity index (χ4n) is 2.78. The van der Waals surface area contributed by atoms with Gasteiger partial charge in [-0.3, -0.25) is 0 Å². The summed E-state index contributed by atoms with van der Waals surface area (Å²) in [5, 5.41) is 1.93. The second-order valence-electron chi connectivity index (χ2n) is 8.57. The Morgan fingerprint density at radius 1 is 0.655 bits per heavy atom. The molecule has 0 bridgehead atoms. The second-order valence-corrected chi connectivity index (χ2v) is 10.2. The molecule has 0 amide bonds. The average molecular weight is 478 g/mol. The molecule has 2 aromatic rings. The van der Waals surface area contributed by atoms with Crippen molar-refractivity contribution in [1.29, 1.82) is 0 Å². The lowest BCUT2D eigenvalue weighted by Gasteiger charge is -2.28. The maximum absolute atomic E-state index is 6.49. The lowest BCUT2D eigenvalue weighted by Crippen LogP contribution is -2.19. The van der Waals surface area contributed by atoms with E-state index in [1.807, 2.05) is 24.3 Å². The summed E-state index contributed by atoms with van der Waals surface area (Å²) in [5.74, 6) is 1.77. The van der Waals surface area contributed by atoms with Gasteiger partial charge in [0.2, 0.25) is 0 Å². The Kier molecular flexibility index (Phi) is 8.44. The van der Waals surface area contributed by atoms with Gasteiger partial charge in [0.25, 0.3) is 0 Å². The molecular formula is C23H28Cl4O2. The number of hydrogen-bond donors (Lipinski definition) is 0. The van der Waals surface area contributed by atoms with Gasteiger partial charge in [-0.15, -0.1) is 0 Å². The van der Waals surface area contributed by atoms with Gasteiger partial charge in [-0.1, -0.05) is 87.9 Å². The van der Waals surface area contributed by atoms with Gasteiger partial charge in [0.1, 0.15) is 0 Å². The summed E-state index contributed by atoms with van der Waals surface area (Å²) >= 11 is 26.0. The van der Waals surface area contributed by atoms with Crippen molar-refractivity contribution in [3.63, 3.8) is 0 Å². The standard InChI is InChI=1S/C23H28Cl4O2/c1-13(2)11-28-21-17(24)7-15(8-18(21)25)23(5,6)16-9-19(26)22(20(27)10-16)29-12-14(3)4/h7-10,13-14H,11-12H2,1-6H3. The predicted octanol–water partition coefficient (Wildman–Crippen LogP) is 8.70. The molecule has 0 atom stereocenters. The maximum Gasteiger partial charge on any atom is 0.156 e. The molecule has 0 radical (unpaired) electrons. The van der Waals surface area contributed by atoms with Crippen molar-refractivity contribution in [2.45, 2.75) is 47.0 Å². The molecule has 0 aliphatic rings. The van der Waals surface area contributed by atoms with Crippen LogP contribution in [-0.4, -0.2) is 13.2 Å². The SMILES string of the molecule is CC(C)COc1c(Cl)cc(C(C)(C)c2cc(Cl)c(OCC(C)C)c(Cl)c2)cc1Cl. The molecule has 0 spiro atoms. The van der Waals surface area contributed by atoms with E-state index in [1.165, 1.54) is 0 Å². The number of benzene rings is 2. The molecule has 0 unspecified atom stereocenters. The molecule has 2 rings (SSSR count). The van der Waals surface area contributed by atoms with Crippen molar-refractivity contribution >= 4 is 46.4 Å². The molecule has 6 heteroatoms. The Morgan fingerprint density at radius 3 is 1.17 bits per heavy atom. The normalized spacial score (nSPS) is 12.0. The van der Waals surface area contributed by atoms with Gasteiger partial charge in [0.05, 0.1) is 33.3 Å². The Morgan fingerprint density at radius 2 is 0.931 bits per heavy atom. The quantitative estimate of drug-likeness (QED) is 0.378. The highest BCUT2D eigenvalue weighted by molar-refractivity contribution is 6.38. The number of ether oxygens (including phenoxy) is 2. The molecule has 0 saturated carbocycles. The minimum Gasteiger partial charge on any atom is -0.490 e. The zero-order chi connectivity index (χ0) is 21.9. The van der Waals surface area contributed by atoms with E-state index in [4.69, 9.17) is 55.9 Å². The summed E-state index contributed by atoms with van der Waals surface area (Å²) in [7, 11) is 0. The van der Waals surface area contributed by atoms with Crippen LogP contribution in [0.5, 0.6) is 11.5 Å². The smallest absolute Gasteiger partial charge is 0.156 e. The lowest BCUT2D eigenvalue weighted by molar-refractivity contribution is 0.271. The van der Waals surface area contributed by atoms with Crippen LogP contribution in [-0.2, 0) is 5.41 Å². The topological polar surface area (TPSA) is 18.5 Å². The first kappa shape index (κ1) is 24.5. The van der Waals surface area contributed by atoms with Gasteiger partial charge >= 0.3 is 0 Å². The molecule has 160 valence electrons. The average Bonchev–Trinajstić information content (AvgIpc) is 2.59. The van der Waals surface area contributed by atoms with E-state index in [9.17, 15) is 0 Å². The first-order valence-corrected chi connectivity index (χ1v) is 11.2. The van der Waals surface area contributed by atoms with E-state index in [0.29, 0.717) is 56.6 Å². The van der Waals surface area contributed by atoms with Gasteiger partial charge < -0.3 is 9.47 Å². The van der Waals surface area contributed by atoms with E-state index in [1.54, 1.807) is 0 Å². The summed E-state index contributed by atoms with van der Waals surface area (Å²) in [6.07, 6.45) is 0. The van der Waals surface area contributed by atoms with Gasteiger partial charge in [-0.05, 0) is 47.2 Å². The Hall–Kier alpha value is -0.800. The van der Waals surface area contributed by atoms with Crippen LogP contribution in [0.15, 0.2) is 24.3 Å². The summed E-state index contributed by atoms with van der Waals surface area (Å²) in [6, 6.07) is 7.53. The van der Waals surface area contributed by atoms with Crippen LogP contribution in [0.2, 0.25) is 20.1 Å². The minimum atomic E-state index is -0.437. The monoisotopic (exact) mass is 476 g/mol. The van der Waals surface area contributed by atoms with Crippen molar-refractivity contribution < 1.29 is 9.47 Å². The molecule has 0 heterocycles. The zero-order valence-electron chi connectivity index (χ0n) is 17.7. The zero-order valence-corrected chi connectivity index (χ0v) is 20.7. The van der Waals surface area contributed by atoms with Gasteiger partial charge in [0, 0.05) is 5.41 Å². The van der Waals surface area contributed by atoms with Gasteiger partial charge in [-0.2, -0.15) is 0 Å². The minimum absolute atomic E-state index is 0.374. The number of rotatable bonds is 8. The Labute approximate surface area is 194 Å². The third-order valence-electron chi connectivity index (χ3n) is 4.56. The molecule has 0 aliphatic heterocycles. The first-order chi connectivity index (χ1) is 13.4. The van der Waals surface area contributed by atoms with E-state index in [0.717, 1.165) is 11.1 Å². The van der Waals surface area contributed by atoms with Crippen LogP contribution in [0.1, 0.15) is 52.7 Å². The number of hydrogen-bond acceptors (Lipinski definition) is 2. The lowest BCUT2D eigenvalue weighted by atomic mass is 9.78. The van der Waals surface area contributed by atoms with Crippen molar-refractivity contribution in [3.8, 4) is 11.5 Å². The molecule has 0 aromatic heterocycles. The fourth-order valence-corrected chi connectivity index (χ4v) is 3.98. The Balaban J connectivity index is 2.39. The van der Waals surface area contributed by atoms with Gasteiger partial charge in [-0.25, -0.2) is 0 Å². The van der Waals surface area contributed by atoms with Crippen LogP contribution >= 0.6 is 46.4 Å². The summed E-state index contributed by atoms with van der Waals surface area (Å²) in [4.78, 5) is 0. The fraction of sp³-hybridized carbons (Fsp3) is 0.478. The Bertz CT molecular complexity index is 744. The van der Waals surface area contributed by atoms with Crippen LogP contribution in [0.25, 0.3) is 0 Å². The van der Waals surface area contributed by atoms with Crippen molar-refractivity contribution in [2.75, 3.05) is 13.2 Å². The van der Waals surface area contributed by atoms with E-state index in [-0.39, 0.29) is 0 Å². The van der Waals surface area contributed by atoms with E-state index in [2.05, 4.69) is 41.5 Å². The highest BCUT2D eigenvalue weighted by Gasteiger charge is 2.27. The van der Waals surface area contributed by atoms with Crippen molar-refractivity contribution in [1.82, 2.24) is 0 Å². The highest BCUT2D eigenvalue weighted by Crippen LogP contribution is 2.43. The second kappa shape index (κ2) is 10.0. The largest absolute Gasteiger partial charge is 0.490 e. The summed E-state index contributed by atoms with van der Waals surface area (Å²) in [6.45, 7) is 13.5. The summed E-state index contributed by atoms with van der Waals surface area (Å²) in [5.41, 5.74) is 1.44. The predicted molar refractivity (Wildman–Crippen MR) is 126 cm³/mol. The van der Waals surface area contributed by atoms with Crippen LogP contribution in [0, 0.1) is 11.8 Å². The van der Waals surface area contributed by atoms with Gasteiger partial charge in [0.15, 0.2) is 11.5 Å². The molecule has 2 nitrogen and oxygen atoms in total. The van der Waals surface area contributed by atoms with Crippen molar-refractivity contribution in [2.24, 2.45) is 11.8 Å². The summed E-state index contributed by atoms with van der Waals surface area (Å²) < 4.78 is 11.6. The third kappa shape index (κ3) is 6.10. The van der Waals surface area contributed by atoms with Crippen LogP contribution in [0.4, 0.5) is 0 Å². The molecule has 29 heavy (non-hydrogen) atoms. The third-order valence-corrected chi connectivity index (χ3v) is 5.68. The van der Waals surface area contributed by atoms with E-state index >= 15 is 0 Å². The molecule has 0 N–H and O–H groups in total. The molecule has 2 aromatic carbocycles.